The Morgan fingerprint density at radius 3 is 2.42 bits per heavy atom. The summed E-state index contributed by atoms with van der Waals surface area (Å²) >= 11 is 0. The minimum absolute atomic E-state index is 0.00218. The molecule has 0 unspecified atom stereocenters. The van der Waals surface area contributed by atoms with Gasteiger partial charge in [0.25, 0.3) is 0 Å². The maximum Gasteiger partial charge on any atom is 0.394 e. The van der Waals surface area contributed by atoms with Crippen molar-refractivity contribution in [1.29, 1.82) is 0 Å². The molecule has 1 amide bonds. The van der Waals surface area contributed by atoms with Crippen LogP contribution in [0.5, 0.6) is 0 Å². The number of carboxylic acid groups (broad SMARTS) is 1. The Labute approximate surface area is 71.0 Å². The average Bonchev–Trinajstić information content (AvgIpc) is 1.82. The van der Waals surface area contributed by atoms with E-state index in [1.807, 2.05) is 6.92 Å². The monoisotopic (exact) mass is 171 g/mol. The molecule has 0 radical (unpaired) electrons. The van der Waals surface area contributed by atoms with Crippen molar-refractivity contribution in [2.45, 2.75) is 32.2 Å². The number of aliphatic carboxylic acids is 1. The number of nitrogens with one attached hydrogen (secondary N) is 1. The van der Waals surface area contributed by atoms with Crippen LogP contribution in [-0.2, 0) is 9.59 Å². The van der Waals surface area contributed by atoms with E-state index in [-0.39, 0.29) is 6.04 Å². The minimum atomic E-state index is -1.40. The Morgan fingerprint density at radius 2 is 2.08 bits per heavy atom. The van der Waals surface area contributed by atoms with Gasteiger partial charge < -0.3 is 10.4 Å². The summed E-state index contributed by atoms with van der Waals surface area (Å²) in [5, 5.41) is 10.7. The van der Waals surface area contributed by atoms with E-state index in [4.69, 9.17) is 5.11 Å². The van der Waals surface area contributed by atoms with Gasteiger partial charge in [0, 0.05) is 6.04 Å². The maximum absolute atomic E-state index is 10.7. The molecule has 4 nitrogen and oxygen atoms in total. The lowest BCUT2D eigenvalue weighted by Crippen LogP contribution is -2.43. The summed E-state index contributed by atoms with van der Waals surface area (Å²) in [6.07, 6.45) is 3.39. The van der Waals surface area contributed by atoms with E-state index in [9.17, 15) is 9.59 Å². The molecule has 1 fully saturated rings. The van der Waals surface area contributed by atoms with E-state index >= 15 is 0 Å². The lowest BCUT2D eigenvalue weighted by atomic mass is 9.80. The van der Waals surface area contributed by atoms with Gasteiger partial charge in [-0.05, 0) is 25.7 Å². The van der Waals surface area contributed by atoms with E-state index < -0.39 is 11.9 Å². The summed E-state index contributed by atoms with van der Waals surface area (Å²) in [5.41, 5.74) is 0. The molecule has 0 spiro atoms. The first-order valence-corrected chi connectivity index (χ1v) is 4.15. The Kier molecular flexibility index (Phi) is 2.68. The van der Waals surface area contributed by atoms with Gasteiger partial charge in [-0.2, -0.15) is 0 Å². The third-order valence-electron chi connectivity index (χ3n) is 2.41. The first kappa shape index (κ1) is 9.03. The van der Waals surface area contributed by atoms with Gasteiger partial charge in [-0.25, -0.2) is 4.79 Å². The minimum Gasteiger partial charge on any atom is -0.474 e. The van der Waals surface area contributed by atoms with Gasteiger partial charge in [0.1, 0.15) is 0 Å². The maximum atomic E-state index is 10.7. The zero-order chi connectivity index (χ0) is 9.14. The van der Waals surface area contributed by atoms with Crippen LogP contribution >= 0.6 is 0 Å². The predicted octanol–water partition coefficient (Wildman–Crippen LogP) is 0.376. The van der Waals surface area contributed by atoms with Crippen molar-refractivity contribution in [3.8, 4) is 0 Å². The number of hydrogen-bond acceptors (Lipinski definition) is 2. The van der Waals surface area contributed by atoms with E-state index in [1.54, 1.807) is 0 Å². The third-order valence-corrected chi connectivity index (χ3v) is 2.41. The number of hydrogen-bond donors (Lipinski definition) is 2. The molecule has 12 heavy (non-hydrogen) atoms. The summed E-state index contributed by atoms with van der Waals surface area (Å²) < 4.78 is 0. The van der Waals surface area contributed by atoms with Gasteiger partial charge in [-0.1, -0.05) is 6.42 Å². The third kappa shape index (κ3) is 1.96. The normalized spacial score (nSPS) is 19.4. The molecule has 1 aliphatic rings. The topological polar surface area (TPSA) is 66.4 Å². The SMILES string of the molecule is C[C@H](NC(=O)C(=O)O)C1CCC1. The first-order valence-electron chi connectivity index (χ1n) is 4.15. The summed E-state index contributed by atoms with van der Waals surface area (Å²) in [5.74, 6) is -1.82. The zero-order valence-corrected chi connectivity index (χ0v) is 7.04. The molecule has 0 aliphatic heterocycles. The summed E-state index contributed by atoms with van der Waals surface area (Å²) in [4.78, 5) is 20.8. The average molecular weight is 171 g/mol. The molecule has 1 aliphatic carbocycles. The standard InChI is InChI=1S/C8H13NO3/c1-5(6-3-2-4-6)9-7(10)8(11)12/h5-6H,2-4H2,1H3,(H,9,10)(H,11,12)/t5-/m0/s1. The van der Waals surface area contributed by atoms with Crippen LogP contribution < -0.4 is 5.32 Å². The molecular weight excluding hydrogens is 158 g/mol. The van der Waals surface area contributed by atoms with Crippen molar-refractivity contribution in [2.24, 2.45) is 5.92 Å². The largest absolute Gasteiger partial charge is 0.474 e. The van der Waals surface area contributed by atoms with Crippen LogP contribution in [-0.4, -0.2) is 23.0 Å². The van der Waals surface area contributed by atoms with Gasteiger partial charge >= 0.3 is 11.9 Å². The summed E-state index contributed by atoms with van der Waals surface area (Å²) in [6, 6.07) is 0.00218. The Morgan fingerprint density at radius 1 is 1.50 bits per heavy atom. The van der Waals surface area contributed by atoms with Crippen molar-refractivity contribution in [1.82, 2.24) is 5.32 Å². The van der Waals surface area contributed by atoms with Gasteiger partial charge in [0.05, 0.1) is 0 Å². The van der Waals surface area contributed by atoms with Crippen molar-refractivity contribution in [3.05, 3.63) is 0 Å². The zero-order valence-electron chi connectivity index (χ0n) is 7.04. The van der Waals surface area contributed by atoms with Crippen molar-refractivity contribution in [3.63, 3.8) is 0 Å². The van der Waals surface area contributed by atoms with Crippen molar-refractivity contribution < 1.29 is 14.7 Å². The van der Waals surface area contributed by atoms with Crippen LogP contribution in [0.25, 0.3) is 0 Å². The first-order chi connectivity index (χ1) is 5.61. The van der Waals surface area contributed by atoms with E-state index in [0.717, 1.165) is 12.8 Å². The fourth-order valence-corrected chi connectivity index (χ4v) is 1.33. The highest BCUT2D eigenvalue weighted by Crippen LogP contribution is 2.29. The second-order valence-electron chi connectivity index (χ2n) is 3.26. The molecule has 1 saturated carbocycles. The molecule has 1 atom stereocenters. The van der Waals surface area contributed by atoms with Crippen LogP contribution in [0.15, 0.2) is 0 Å². The van der Waals surface area contributed by atoms with Crippen LogP contribution in [0, 0.1) is 5.92 Å². The van der Waals surface area contributed by atoms with Crippen molar-refractivity contribution >= 4 is 11.9 Å². The van der Waals surface area contributed by atoms with Gasteiger partial charge in [-0.3, -0.25) is 4.79 Å². The lowest BCUT2D eigenvalue weighted by molar-refractivity contribution is -0.150. The molecule has 0 heterocycles. The van der Waals surface area contributed by atoms with Gasteiger partial charge in [-0.15, -0.1) is 0 Å². The quantitative estimate of drug-likeness (QED) is 0.590. The van der Waals surface area contributed by atoms with Crippen LogP contribution in [0.4, 0.5) is 0 Å². The van der Waals surface area contributed by atoms with Crippen LogP contribution in [0.1, 0.15) is 26.2 Å². The molecule has 68 valence electrons. The molecule has 2 N–H and O–H groups in total. The summed E-state index contributed by atoms with van der Waals surface area (Å²) in [7, 11) is 0. The Hall–Kier alpha value is -1.06. The van der Waals surface area contributed by atoms with E-state index in [0.29, 0.717) is 5.92 Å². The Balaban J connectivity index is 2.29. The molecule has 0 bridgehead atoms. The predicted molar refractivity (Wildman–Crippen MR) is 42.6 cm³/mol. The summed E-state index contributed by atoms with van der Waals surface area (Å²) in [6.45, 7) is 1.85. The second-order valence-corrected chi connectivity index (χ2v) is 3.26. The fraction of sp³-hybridized carbons (Fsp3) is 0.750. The highest BCUT2D eigenvalue weighted by molar-refractivity contribution is 6.31. The van der Waals surface area contributed by atoms with E-state index in [1.165, 1.54) is 6.42 Å². The number of rotatable bonds is 2. The van der Waals surface area contributed by atoms with E-state index in [2.05, 4.69) is 5.32 Å². The van der Waals surface area contributed by atoms with Gasteiger partial charge in [0.15, 0.2) is 0 Å². The number of carboxylic acids is 1. The van der Waals surface area contributed by atoms with Crippen LogP contribution in [0.3, 0.4) is 0 Å². The molecule has 1 rings (SSSR count). The fourth-order valence-electron chi connectivity index (χ4n) is 1.33. The molecule has 0 aromatic heterocycles. The highest BCUT2D eigenvalue weighted by Gasteiger charge is 2.26. The molecule has 0 aromatic carbocycles. The van der Waals surface area contributed by atoms with Gasteiger partial charge in [0.2, 0.25) is 0 Å². The molecule has 4 heteroatoms. The molecule has 0 saturated heterocycles. The second kappa shape index (κ2) is 3.56. The Bertz CT molecular complexity index is 198. The van der Waals surface area contributed by atoms with Crippen LogP contribution in [0.2, 0.25) is 0 Å². The smallest absolute Gasteiger partial charge is 0.394 e. The molecule has 0 aromatic rings. The molecular formula is C8H13NO3. The van der Waals surface area contributed by atoms with Crippen molar-refractivity contribution in [2.75, 3.05) is 0 Å². The number of carbonyl (C=O) groups is 2. The lowest BCUT2D eigenvalue weighted by Gasteiger charge is -2.31. The number of amides is 1. The highest BCUT2D eigenvalue weighted by atomic mass is 16.4. The number of carbonyl (C=O) groups excluding carboxylic acids is 1.